The summed E-state index contributed by atoms with van der Waals surface area (Å²) in [7, 11) is -4.41. The third-order valence-electron chi connectivity index (χ3n) is 6.49. The molecular weight excluding hydrogens is 522 g/mol. The van der Waals surface area contributed by atoms with E-state index in [4.69, 9.17) is 17.3 Å². The van der Waals surface area contributed by atoms with Crippen LogP contribution in [0.25, 0.3) is 0 Å². The summed E-state index contributed by atoms with van der Waals surface area (Å²) in [5.41, 5.74) is 6.29. The summed E-state index contributed by atoms with van der Waals surface area (Å²) >= 11 is 5.91. The van der Waals surface area contributed by atoms with Gasteiger partial charge in [-0.25, -0.2) is 17.2 Å². The normalized spacial score (nSPS) is 14.8. The molecule has 1 aliphatic carbocycles. The van der Waals surface area contributed by atoms with Crippen LogP contribution in [0.4, 0.5) is 8.78 Å². The van der Waals surface area contributed by atoms with Crippen molar-refractivity contribution in [2.24, 2.45) is 11.7 Å². The maximum atomic E-state index is 14.0. The van der Waals surface area contributed by atoms with Crippen LogP contribution in [0.3, 0.4) is 0 Å². The van der Waals surface area contributed by atoms with E-state index in [2.05, 4.69) is 0 Å². The van der Waals surface area contributed by atoms with E-state index in [-0.39, 0.29) is 22.8 Å². The molecule has 3 aromatic carbocycles. The first-order valence-electron chi connectivity index (χ1n) is 11.7. The van der Waals surface area contributed by atoms with E-state index in [0.29, 0.717) is 34.6 Å². The maximum Gasteiger partial charge on any atom is 0.244 e. The number of nitrogens with two attached hydrogens (primary N) is 1. The molecule has 10 heteroatoms. The zero-order valence-electron chi connectivity index (χ0n) is 19.7. The van der Waals surface area contributed by atoms with Crippen molar-refractivity contribution in [3.05, 3.63) is 100 Å². The van der Waals surface area contributed by atoms with Gasteiger partial charge in [-0.1, -0.05) is 55.1 Å². The Balaban J connectivity index is 1.72. The zero-order valence-corrected chi connectivity index (χ0v) is 21.3. The molecule has 1 aliphatic rings. The monoisotopic (exact) mass is 546 g/mol. The summed E-state index contributed by atoms with van der Waals surface area (Å²) in [5, 5.41) is 0.298. The lowest BCUT2D eigenvalue weighted by atomic mass is 9.81. The third kappa shape index (κ3) is 6.23. The Morgan fingerprint density at radius 3 is 2.08 bits per heavy atom. The van der Waals surface area contributed by atoms with Crippen LogP contribution in [0.15, 0.2) is 71.6 Å². The largest absolute Gasteiger partial charge is 0.368 e. The van der Waals surface area contributed by atoms with Gasteiger partial charge in [0.1, 0.15) is 17.7 Å². The van der Waals surface area contributed by atoms with Crippen molar-refractivity contribution in [1.82, 2.24) is 4.31 Å². The lowest BCUT2D eigenvalue weighted by Crippen LogP contribution is -2.41. The van der Waals surface area contributed by atoms with Gasteiger partial charge in [0.15, 0.2) is 5.78 Å². The molecule has 0 saturated heterocycles. The first-order chi connectivity index (χ1) is 17.5. The molecular formula is C27H25ClF2N2O4S. The Hall–Kier alpha value is -3.14. The molecule has 0 bridgehead atoms. The molecule has 0 aliphatic heterocycles. The summed E-state index contributed by atoms with van der Waals surface area (Å²) in [5.74, 6) is -2.68. The fraction of sp³-hybridized carbons (Fsp3) is 0.259. The summed E-state index contributed by atoms with van der Waals surface area (Å²) in [6, 6.07) is 12.3. The van der Waals surface area contributed by atoms with E-state index in [1.807, 2.05) is 0 Å². The molecule has 194 valence electrons. The first kappa shape index (κ1) is 26.9. The Morgan fingerprint density at radius 1 is 0.973 bits per heavy atom. The molecule has 0 aromatic heterocycles. The van der Waals surface area contributed by atoms with Gasteiger partial charge in [-0.15, -0.1) is 0 Å². The number of carbonyl (C=O) groups excluding carboxylic acids is 2. The van der Waals surface area contributed by atoms with Crippen LogP contribution in [-0.2, 0) is 21.4 Å². The van der Waals surface area contributed by atoms with E-state index in [1.54, 1.807) is 24.3 Å². The minimum Gasteiger partial charge on any atom is -0.368 e. The summed E-state index contributed by atoms with van der Waals surface area (Å²) in [6.07, 6.45) is 3.67. The highest BCUT2D eigenvalue weighted by Gasteiger charge is 2.37. The number of ketones is 1. The van der Waals surface area contributed by atoms with Gasteiger partial charge < -0.3 is 5.73 Å². The summed E-state index contributed by atoms with van der Waals surface area (Å²) in [6.45, 7) is -0.353. The SMILES string of the molecule is NC(=O)C(c1cc(F)cc(F)c1)N(Cc1ccc(C(=O)CC2CCC2)cc1)S(=O)(=O)c1ccc(Cl)cc1. The smallest absolute Gasteiger partial charge is 0.244 e. The van der Waals surface area contributed by atoms with Crippen molar-refractivity contribution in [2.45, 2.75) is 43.2 Å². The molecule has 1 saturated carbocycles. The Labute approximate surface area is 219 Å². The van der Waals surface area contributed by atoms with Crippen LogP contribution in [0, 0.1) is 17.6 Å². The molecule has 0 radical (unpaired) electrons. The highest BCUT2D eigenvalue weighted by molar-refractivity contribution is 7.89. The van der Waals surface area contributed by atoms with E-state index in [1.165, 1.54) is 24.3 Å². The Morgan fingerprint density at radius 2 is 1.57 bits per heavy atom. The summed E-state index contributed by atoms with van der Waals surface area (Å²) in [4.78, 5) is 24.9. The van der Waals surface area contributed by atoms with Crippen LogP contribution >= 0.6 is 11.6 Å². The van der Waals surface area contributed by atoms with Gasteiger partial charge in [-0.2, -0.15) is 4.31 Å². The van der Waals surface area contributed by atoms with E-state index >= 15 is 0 Å². The van der Waals surface area contributed by atoms with Crippen LogP contribution < -0.4 is 5.73 Å². The van der Waals surface area contributed by atoms with Crippen molar-refractivity contribution in [1.29, 1.82) is 0 Å². The van der Waals surface area contributed by atoms with E-state index in [0.717, 1.165) is 35.7 Å². The van der Waals surface area contributed by atoms with Crippen LogP contribution in [0.5, 0.6) is 0 Å². The number of carbonyl (C=O) groups is 2. The second-order valence-electron chi connectivity index (χ2n) is 9.13. The van der Waals surface area contributed by atoms with Gasteiger partial charge in [0.25, 0.3) is 0 Å². The number of Topliss-reactive ketones (excluding diaryl/α,β-unsaturated/α-hetero) is 1. The van der Waals surface area contributed by atoms with Crippen LogP contribution in [0.1, 0.15) is 53.2 Å². The van der Waals surface area contributed by atoms with E-state index in [9.17, 15) is 26.8 Å². The number of hydrogen-bond donors (Lipinski definition) is 1. The molecule has 0 heterocycles. The van der Waals surface area contributed by atoms with Crippen molar-refractivity contribution >= 4 is 33.3 Å². The van der Waals surface area contributed by atoms with E-state index < -0.39 is 33.6 Å². The highest BCUT2D eigenvalue weighted by Crippen LogP contribution is 2.32. The van der Waals surface area contributed by atoms with Gasteiger partial charge in [-0.05, 0) is 53.4 Å². The number of rotatable bonds is 10. The lowest BCUT2D eigenvalue weighted by Gasteiger charge is -2.29. The number of amides is 1. The molecule has 1 amide bonds. The van der Waals surface area contributed by atoms with Gasteiger partial charge in [0.2, 0.25) is 15.9 Å². The Kier molecular flexibility index (Phi) is 8.06. The predicted molar refractivity (Wildman–Crippen MR) is 135 cm³/mol. The second kappa shape index (κ2) is 11.1. The fourth-order valence-electron chi connectivity index (χ4n) is 4.32. The molecule has 37 heavy (non-hydrogen) atoms. The minimum atomic E-state index is -4.41. The molecule has 0 spiro atoms. The second-order valence-corrected chi connectivity index (χ2v) is 11.5. The van der Waals surface area contributed by atoms with Gasteiger partial charge in [-0.3, -0.25) is 9.59 Å². The molecule has 3 aromatic rings. The topological polar surface area (TPSA) is 97.5 Å². The molecule has 4 rings (SSSR count). The minimum absolute atomic E-state index is 0.00661. The van der Waals surface area contributed by atoms with Crippen molar-refractivity contribution in [2.75, 3.05) is 0 Å². The van der Waals surface area contributed by atoms with Crippen molar-refractivity contribution in [3.63, 3.8) is 0 Å². The predicted octanol–water partition coefficient (Wildman–Crippen LogP) is 5.41. The number of primary amides is 1. The molecule has 1 atom stereocenters. The first-order valence-corrected chi connectivity index (χ1v) is 13.5. The maximum absolute atomic E-state index is 14.0. The average molecular weight is 547 g/mol. The number of halogens is 3. The molecule has 1 fully saturated rings. The number of nitrogens with zero attached hydrogens (tertiary/aromatic N) is 1. The van der Waals surface area contributed by atoms with Crippen LogP contribution in [0.2, 0.25) is 5.02 Å². The third-order valence-corrected chi connectivity index (χ3v) is 8.57. The standard InChI is InChI=1S/C27H25ClF2N2O4S/c28-21-8-10-24(11-9-21)37(35,36)32(26(27(31)34)20-13-22(29)15-23(30)14-20)16-18-4-6-19(7-5-18)25(33)12-17-2-1-3-17/h4-11,13-15,17,26H,1-3,12,16H2,(H2,31,34). The van der Waals surface area contributed by atoms with Crippen molar-refractivity contribution < 1.29 is 26.8 Å². The number of sulfonamides is 1. The van der Waals surface area contributed by atoms with Gasteiger partial charge in [0.05, 0.1) is 4.90 Å². The molecule has 6 nitrogen and oxygen atoms in total. The molecule has 2 N–H and O–H groups in total. The summed E-state index contributed by atoms with van der Waals surface area (Å²) < 4.78 is 56.3. The van der Waals surface area contributed by atoms with Gasteiger partial charge in [0, 0.05) is 29.6 Å². The van der Waals surface area contributed by atoms with Crippen molar-refractivity contribution in [3.8, 4) is 0 Å². The molecule has 1 unspecified atom stereocenters. The Bertz CT molecular complexity index is 1390. The van der Waals surface area contributed by atoms with Gasteiger partial charge >= 0.3 is 0 Å². The number of benzene rings is 3. The number of hydrogen-bond acceptors (Lipinski definition) is 4. The fourth-order valence-corrected chi connectivity index (χ4v) is 6.01. The highest BCUT2D eigenvalue weighted by atomic mass is 35.5. The average Bonchev–Trinajstić information content (AvgIpc) is 2.81. The van der Waals surface area contributed by atoms with Crippen LogP contribution in [-0.4, -0.2) is 24.4 Å². The quantitative estimate of drug-likeness (QED) is 0.344. The lowest BCUT2D eigenvalue weighted by molar-refractivity contribution is -0.122. The zero-order chi connectivity index (χ0) is 26.7.